The van der Waals surface area contributed by atoms with Gasteiger partial charge in [0.2, 0.25) is 11.7 Å². The molecule has 0 aromatic carbocycles. The number of hydrogen-bond acceptors (Lipinski definition) is 17. The second-order valence-electron chi connectivity index (χ2n) is 14.9. The molecule has 1 amide bonds. The maximum atomic E-state index is 13.7. The van der Waals surface area contributed by atoms with Gasteiger partial charge in [-0.2, -0.15) is 0 Å². The number of amides is 1. The molecule has 3 fully saturated rings. The molecule has 53 heavy (non-hydrogen) atoms. The van der Waals surface area contributed by atoms with E-state index >= 15 is 0 Å². The first-order valence-electron chi connectivity index (χ1n) is 18.1. The molecule has 0 bridgehead atoms. The van der Waals surface area contributed by atoms with Crippen LogP contribution in [-0.4, -0.2) is 115 Å². The molecule has 3 saturated carbocycles. The highest BCUT2D eigenvalue weighted by Gasteiger charge is 2.68. The van der Waals surface area contributed by atoms with E-state index in [1.807, 2.05) is 13.0 Å². The number of nitrogens with one attached hydrogen (secondary N) is 1. The molecule has 0 heterocycles. The van der Waals surface area contributed by atoms with Gasteiger partial charge in [0.1, 0.15) is 11.6 Å². The summed E-state index contributed by atoms with van der Waals surface area (Å²) in [6.45, 7) is 2.80. The first-order valence-corrected chi connectivity index (χ1v) is 18.1. The van der Waals surface area contributed by atoms with Gasteiger partial charge in [-0.1, -0.05) is 31.9 Å². The van der Waals surface area contributed by atoms with E-state index in [1.165, 1.54) is 6.08 Å². The van der Waals surface area contributed by atoms with Crippen LogP contribution in [0.2, 0.25) is 0 Å². The molecule has 0 aliphatic heterocycles. The van der Waals surface area contributed by atoms with Gasteiger partial charge in [-0.25, -0.2) is 4.79 Å². The zero-order chi connectivity index (χ0) is 39.0. The lowest BCUT2D eigenvalue weighted by atomic mass is 9.46. The van der Waals surface area contributed by atoms with Gasteiger partial charge in [-0.3, -0.25) is 49.7 Å². The number of nitrogens with zero attached hydrogens (tertiary/aromatic N) is 2. The Morgan fingerprint density at radius 3 is 2.28 bits per heavy atom. The number of carbonyl (C=O) groups is 5. The van der Waals surface area contributed by atoms with E-state index in [4.69, 9.17) is 30.3 Å². The number of esters is 2. The molecule has 4 aliphatic carbocycles. The number of ketones is 2. The normalized spacial score (nSPS) is 31.0. The molecule has 0 spiro atoms. The van der Waals surface area contributed by atoms with Crippen molar-refractivity contribution in [2.24, 2.45) is 28.6 Å². The number of aliphatic hydroxyl groups is 2. The van der Waals surface area contributed by atoms with Gasteiger partial charge in [-0.05, 0) is 81.8 Å². The van der Waals surface area contributed by atoms with Gasteiger partial charge in [0, 0.05) is 23.2 Å². The summed E-state index contributed by atoms with van der Waals surface area (Å²) in [4.78, 5) is 73.3. The van der Waals surface area contributed by atoms with Crippen LogP contribution in [0.1, 0.15) is 90.9 Å². The van der Waals surface area contributed by atoms with Crippen molar-refractivity contribution in [3.05, 3.63) is 23.8 Å². The van der Waals surface area contributed by atoms with Gasteiger partial charge in [0.15, 0.2) is 12.4 Å². The molecule has 8 atom stereocenters. The largest absolute Gasteiger partial charge is 0.464 e. The summed E-state index contributed by atoms with van der Waals surface area (Å²) in [5.74, 6) is -3.65. The van der Waals surface area contributed by atoms with Gasteiger partial charge in [-0.15, -0.1) is 0 Å². The molecule has 7 N–H and O–H groups in total. The molecule has 18 nitrogen and oxygen atoms in total. The van der Waals surface area contributed by atoms with Crippen LogP contribution < -0.4 is 5.32 Å². The number of fused-ring (bicyclic) bond motifs is 5. The minimum absolute atomic E-state index is 0.0108. The average Bonchev–Trinajstić information content (AvgIpc) is 3.36. The molecule has 4 aliphatic rings. The van der Waals surface area contributed by atoms with Crippen molar-refractivity contribution in [3.63, 3.8) is 0 Å². The van der Waals surface area contributed by atoms with Crippen LogP contribution in [0, 0.1) is 28.6 Å². The monoisotopic (exact) mass is 755 g/mol. The predicted octanol–water partition coefficient (Wildman–Crippen LogP) is 1.89. The minimum atomic E-state index is -1.89. The number of unbranched alkanes of at least 4 members (excludes halogenated alkanes) is 3. The van der Waals surface area contributed by atoms with Crippen LogP contribution in [0.4, 0.5) is 0 Å². The predicted molar refractivity (Wildman–Crippen MR) is 177 cm³/mol. The SMILES string of the molecule is C[C@]12C=CC(=O)C=C1CC[C@@H]1[C@@H]2[C@@H](O)C[C@@]2(C)[C@H]1CC[C@]2(O)C(=O)COC(=O)CC(NC(=O)CCCCCON(O)O)C(=O)OCCCCON(O)O. The Labute approximate surface area is 307 Å². The quantitative estimate of drug-likeness (QED) is 0.0531. The van der Waals surface area contributed by atoms with E-state index < -0.39 is 76.0 Å². The van der Waals surface area contributed by atoms with E-state index in [1.54, 1.807) is 13.0 Å². The van der Waals surface area contributed by atoms with E-state index in [-0.39, 0.29) is 75.5 Å². The van der Waals surface area contributed by atoms with Crippen molar-refractivity contribution in [3.8, 4) is 0 Å². The maximum absolute atomic E-state index is 13.7. The number of aliphatic hydroxyl groups excluding tert-OH is 1. The summed E-state index contributed by atoms with van der Waals surface area (Å²) in [6.07, 6.45) is 7.38. The van der Waals surface area contributed by atoms with Crippen molar-refractivity contribution in [2.45, 2.75) is 109 Å². The summed E-state index contributed by atoms with van der Waals surface area (Å²) in [6, 6.07) is -1.47. The summed E-state index contributed by atoms with van der Waals surface area (Å²) < 4.78 is 10.5. The fraction of sp³-hybridized carbons (Fsp3) is 0.743. The number of allylic oxidation sites excluding steroid dienone is 4. The van der Waals surface area contributed by atoms with Crippen molar-refractivity contribution >= 4 is 29.4 Å². The molecule has 0 aromatic heterocycles. The lowest BCUT2D eigenvalue weighted by Gasteiger charge is -2.59. The maximum Gasteiger partial charge on any atom is 0.329 e. The third kappa shape index (κ3) is 10.1. The Bertz CT molecular complexity index is 1400. The smallest absolute Gasteiger partial charge is 0.329 e. The van der Waals surface area contributed by atoms with Crippen LogP contribution in [-0.2, 0) is 43.1 Å². The first-order chi connectivity index (χ1) is 25.0. The van der Waals surface area contributed by atoms with E-state index in [0.717, 1.165) is 5.57 Å². The molecule has 298 valence electrons. The highest BCUT2D eigenvalue weighted by Crippen LogP contribution is 2.67. The zero-order valence-electron chi connectivity index (χ0n) is 30.2. The van der Waals surface area contributed by atoms with E-state index in [2.05, 4.69) is 15.0 Å². The molecule has 0 radical (unpaired) electrons. The topological polar surface area (TPSA) is 262 Å². The molecule has 0 saturated heterocycles. The Kier molecular flexibility index (Phi) is 14.8. The van der Waals surface area contributed by atoms with E-state index in [0.29, 0.717) is 38.5 Å². The van der Waals surface area contributed by atoms with Crippen LogP contribution in [0.15, 0.2) is 23.8 Å². The van der Waals surface area contributed by atoms with Gasteiger partial charge >= 0.3 is 11.9 Å². The molecular formula is C35H53N3O15. The number of carbonyl (C=O) groups excluding carboxylic acids is 5. The number of ether oxygens (including phenoxy) is 2. The Hall–Kier alpha value is -3.17. The second kappa shape index (κ2) is 18.4. The second-order valence-corrected chi connectivity index (χ2v) is 14.9. The van der Waals surface area contributed by atoms with Crippen molar-refractivity contribution in [1.82, 2.24) is 16.1 Å². The number of rotatable bonds is 20. The molecular weight excluding hydrogens is 702 g/mol. The molecule has 18 heteroatoms. The summed E-state index contributed by atoms with van der Waals surface area (Å²) in [7, 11) is 0. The van der Waals surface area contributed by atoms with Crippen LogP contribution >= 0.6 is 0 Å². The third-order valence-electron chi connectivity index (χ3n) is 11.7. The summed E-state index contributed by atoms with van der Waals surface area (Å²) in [5.41, 5.74) is -2.43. The first kappa shape index (κ1) is 42.6. The summed E-state index contributed by atoms with van der Waals surface area (Å²) in [5, 5.41) is 59.5. The number of Topliss-reactive ketones (excluding diaryl/α,β-unsaturated/α-hetero) is 1. The highest BCUT2D eigenvalue weighted by atomic mass is 17.1. The summed E-state index contributed by atoms with van der Waals surface area (Å²) >= 11 is 0. The average molecular weight is 756 g/mol. The molecule has 1 unspecified atom stereocenters. The Morgan fingerprint density at radius 1 is 0.943 bits per heavy atom. The Balaban J connectivity index is 1.34. The lowest BCUT2D eigenvalue weighted by Crippen LogP contribution is -2.61. The fourth-order valence-electron chi connectivity index (χ4n) is 9.07. The van der Waals surface area contributed by atoms with Crippen LogP contribution in [0.3, 0.4) is 0 Å². The standard InChI is InChI=1S/C35H53N3O15/c1-33-13-11-23(39)18-22(33)9-10-24-25-12-14-35(45,34(25,2)20-27(40)31(24)33)28(41)21-51-30(43)19-26(32(44)50-15-6-7-17-53-38(48)49)36-29(42)8-4-3-5-16-52-37(46)47/h11,13,18,24-27,31,40,45-49H,3-10,12,14-17,19-21H2,1-2H3,(H,36,42)/t24-,25-,26?,27-,31+,33-,34-,35-/m0/s1. The minimum Gasteiger partial charge on any atom is -0.464 e. The zero-order valence-corrected chi connectivity index (χ0v) is 30.2. The fourth-order valence-corrected chi connectivity index (χ4v) is 9.07. The van der Waals surface area contributed by atoms with E-state index in [9.17, 15) is 34.2 Å². The lowest BCUT2D eigenvalue weighted by molar-refractivity contribution is -0.492. The highest BCUT2D eigenvalue weighted by molar-refractivity contribution is 6.01. The number of hydrogen-bond donors (Lipinski definition) is 7. The third-order valence-corrected chi connectivity index (χ3v) is 11.7. The Morgan fingerprint density at radius 2 is 1.60 bits per heavy atom. The van der Waals surface area contributed by atoms with Gasteiger partial charge in [0.25, 0.3) is 0 Å². The van der Waals surface area contributed by atoms with Crippen molar-refractivity contribution in [1.29, 1.82) is 0 Å². The van der Waals surface area contributed by atoms with Crippen LogP contribution in [0.5, 0.6) is 0 Å². The molecule has 0 aromatic rings. The van der Waals surface area contributed by atoms with Crippen LogP contribution in [0.25, 0.3) is 0 Å². The van der Waals surface area contributed by atoms with Crippen molar-refractivity contribution < 1.29 is 74.2 Å². The van der Waals surface area contributed by atoms with Gasteiger partial charge < -0.3 is 25.0 Å². The van der Waals surface area contributed by atoms with Crippen molar-refractivity contribution in [2.75, 3.05) is 26.4 Å². The van der Waals surface area contributed by atoms with Gasteiger partial charge in [0.05, 0.1) is 43.1 Å². The molecule has 4 rings (SSSR count).